The third-order valence-corrected chi connectivity index (χ3v) is 3.35. The SMILES string of the molecule is CCOc1cc(CN(C)Cc2ccncc2C)ccc1O. The van der Waals surface area contributed by atoms with Crippen LogP contribution in [0.2, 0.25) is 0 Å². The molecule has 0 saturated carbocycles. The predicted octanol–water partition coefficient (Wildman–Crippen LogP) is 3.13. The van der Waals surface area contributed by atoms with Crippen LogP contribution in [0.1, 0.15) is 23.6 Å². The summed E-state index contributed by atoms with van der Waals surface area (Å²) in [7, 11) is 2.08. The van der Waals surface area contributed by atoms with Crippen LogP contribution >= 0.6 is 0 Å². The van der Waals surface area contributed by atoms with Crippen molar-refractivity contribution >= 4 is 0 Å². The van der Waals surface area contributed by atoms with Crippen LogP contribution in [0.15, 0.2) is 36.7 Å². The van der Waals surface area contributed by atoms with Crippen molar-refractivity contribution in [1.82, 2.24) is 9.88 Å². The number of hydrogen-bond donors (Lipinski definition) is 1. The van der Waals surface area contributed by atoms with Crippen LogP contribution in [-0.2, 0) is 13.1 Å². The third-order valence-electron chi connectivity index (χ3n) is 3.35. The molecule has 0 bridgehead atoms. The summed E-state index contributed by atoms with van der Waals surface area (Å²) in [6.45, 7) is 6.18. The Morgan fingerprint density at radius 1 is 1.24 bits per heavy atom. The lowest BCUT2D eigenvalue weighted by atomic mass is 10.1. The maximum atomic E-state index is 9.73. The van der Waals surface area contributed by atoms with Gasteiger partial charge in [0.05, 0.1) is 6.61 Å². The standard InChI is InChI=1S/C17H22N2O2/c1-4-21-17-9-14(5-6-16(17)20)11-19(3)12-15-7-8-18-10-13(15)2/h5-10,20H,4,11-12H2,1-3H3. The molecule has 1 N–H and O–H groups in total. The highest BCUT2D eigenvalue weighted by atomic mass is 16.5. The Hall–Kier alpha value is -2.07. The Morgan fingerprint density at radius 3 is 2.76 bits per heavy atom. The Bertz CT molecular complexity index is 599. The molecule has 0 fully saturated rings. The van der Waals surface area contributed by atoms with Gasteiger partial charge in [0.25, 0.3) is 0 Å². The van der Waals surface area contributed by atoms with E-state index in [1.165, 1.54) is 11.1 Å². The molecule has 0 aliphatic rings. The maximum absolute atomic E-state index is 9.73. The van der Waals surface area contributed by atoms with Crippen LogP contribution in [0.25, 0.3) is 0 Å². The number of aryl methyl sites for hydroxylation is 1. The molecular weight excluding hydrogens is 264 g/mol. The van der Waals surface area contributed by atoms with Crippen molar-refractivity contribution in [3.8, 4) is 11.5 Å². The van der Waals surface area contributed by atoms with E-state index in [1.807, 2.05) is 37.5 Å². The number of phenolic OH excluding ortho intramolecular Hbond substituents is 1. The van der Waals surface area contributed by atoms with Gasteiger partial charge in [-0.05, 0) is 55.8 Å². The first-order valence-electron chi connectivity index (χ1n) is 7.13. The van der Waals surface area contributed by atoms with E-state index >= 15 is 0 Å². The van der Waals surface area contributed by atoms with Crippen molar-refractivity contribution in [1.29, 1.82) is 0 Å². The number of nitrogens with zero attached hydrogens (tertiary/aromatic N) is 2. The van der Waals surface area contributed by atoms with Gasteiger partial charge in [-0.15, -0.1) is 0 Å². The molecule has 2 aromatic rings. The Labute approximate surface area is 126 Å². The van der Waals surface area contributed by atoms with Crippen molar-refractivity contribution in [2.24, 2.45) is 0 Å². The summed E-state index contributed by atoms with van der Waals surface area (Å²) >= 11 is 0. The van der Waals surface area contributed by atoms with Gasteiger partial charge in [-0.25, -0.2) is 0 Å². The van der Waals surface area contributed by atoms with E-state index in [2.05, 4.69) is 23.9 Å². The maximum Gasteiger partial charge on any atom is 0.161 e. The predicted molar refractivity (Wildman–Crippen MR) is 83.4 cm³/mol. The summed E-state index contributed by atoms with van der Waals surface area (Å²) in [5.74, 6) is 0.733. The van der Waals surface area contributed by atoms with Crippen LogP contribution in [0.5, 0.6) is 11.5 Å². The molecular formula is C17H22N2O2. The van der Waals surface area contributed by atoms with Gasteiger partial charge < -0.3 is 9.84 Å². The first kappa shape index (κ1) is 15.3. The molecule has 1 aromatic heterocycles. The molecule has 0 aliphatic heterocycles. The molecule has 112 valence electrons. The zero-order valence-electron chi connectivity index (χ0n) is 12.8. The molecule has 4 heteroatoms. The fraction of sp³-hybridized carbons (Fsp3) is 0.353. The van der Waals surface area contributed by atoms with Gasteiger partial charge in [0, 0.05) is 25.5 Å². The Balaban J connectivity index is 2.04. The third kappa shape index (κ3) is 4.20. The van der Waals surface area contributed by atoms with Crippen LogP contribution in [0.3, 0.4) is 0 Å². The second-order valence-electron chi connectivity index (χ2n) is 5.21. The van der Waals surface area contributed by atoms with Crippen LogP contribution in [-0.4, -0.2) is 28.6 Å². The van der Waals surface area contributed by atoms with Crippen molar-refractivity contribution in [3.05, 3.63) is 53.3 Å². The van der Waals surface area contributed by atoms with E-state index < -0.39 is 0 Å². The van der Waals surface area contributed by atoms with E-state index in [1.54, 1.807) is 6.07 Å². The monoisotopic (exact) mass is 286 g/mol. The number of benzene rings is 1. The number of rotatable bonds is 6. The minimum absolute atomic E-state index is 0.188. The number of ether oxygens (including phenoxy) is 1. The smallest absolute Gasteiger partial charge is 0.161 e. The summed E-state index contributed by atoms with van der Waals surface area (Å²) < 4.78 is 5.42. The number of hydrogen-bond acceptors (Lipinski definition) is 4. The normalized spacial score (nSPS) is 10.9. The first-order chi connectivity index (χ1) is 10.1. The molecule has 21 heavy (non-hydrogen) atoms. The average Bonchev–Trinajstić information content (AvgIpc) is 2.45. The number of aromatic hydroxyl groups is 1. The zero-order chi connectivity index (χ0) is 15.2. The average molecular weight is 286 g/mol. The van der Waals surface area contributed by atoms with Crippen LogP contribution in [0, 0.1) is 6.92 Å². The van der Waals surface area contributed by atoms with E-state index in [4.69, 9.17) is 4.74 Å². The summed E-state index contributed by atoms with van der Waals surface area (Å²) in [5.41, 5.74) is 3.59. The quantitative estimate of drug-likeness (QED) is 0.886. The molecule has 0 radical (unpaired) electrons. The number of aromatic nitrogens is 1. The summed E-state index contributed by atoms with van der Waals surface area (Å²) in [4.78, 5) is 6.34. The van der Waals surface area contributed by atoms with Gasteiger partial charge >= 0.3 is 0 Å². The largest absolute Gasteiger partial charge is 0.504 e. The zero-order valence-corrected chi connectivity index (χ0v) is 12.8. The summed E-state index contributed by atoms with van der Waals surface area (Å²) in [6, 6.07) is 7.56. The van der Waals surface area contributed by atoms with E-state index in [-0.39, 0.29) is 5.75 Å². The van der Waals surface area contributed by atoms with Crippen LogP contribution < -0.4 is 4.74 Å². The molecule has 0 spiro atoms. The molecule has 4 nitrogen and oxygen atoms in total. The minimum atomic E-state index is 0.188. The Kier molecular flexibility index (Phi) is 5.17. The summed E-state index contributed by atoms with van der Waals surface area (Å²) in [6.07, 6.45) is 3.71. The second-order valence-corrected chi connectivity index (χ2v) is 5.21. The highest BCUT2D eigenvalue weighted by Crippen LogP contribution is 2.27. The highest BCUT2D eigenvalue weighted by Gasteiger charge is 2.07. The van der Waals surface area contributed by atoms with E-state index in [0.717, 1.165) is 18.7 Å². The molecule has 0 saturated heterocycles. The summed E-state index contributed by atoms with van der Waals surface area (Å²) in [5, 5.41) is 9.73. The molecule has 1 aromatic carbocycles. The lowest BCUT2D eigenvalue weighted by molar-refractivity contribution is 0.308. The minimum Gasteiger partial charge on any atom is -0.504 e. The van der Waals surface area contributed by atoms with Gasteiger partial charge in [-0.3, -0.25) is 9.88 Å². The lowest BCUT2D eigenvalue weighted by Crippen LogP contribution is -2.18. The van der Waals surface area contributed by atoms with Gasteiger partial charge in [0.2, 0.25) is 0 Å². The van der Waals surface area contributed by atoms with Crippen molar-refractivity contribution in [2.45, 2.75) is 26.9 Å². The number of phenols is 1. The van der Waals surface area contributed by atoms with Gasteiger partial charge in [0.1, 0.15) is 0 Å². The van der Waals surface area contributed by atoms with E-state index in [0.29, 0.717) is 12.4 Å². The van der Waals surface area contributed by atoms with Gasteiger partial charge in [-0.1, -0.05) is 6.07 Å². The molecule has 1 heterocycles. The van der Waals surface area contributed by atoms with Crippen molar-refractivity contribution in [3.63, 3.8) is 0 Å². The molecule has 0 atom stereocenters. The molecule has 0 unspecified atom stereocenters. The van der Waals surface area contributed by atoms with E-state index in [9.17, 15) is 5.11 Å². The van der Waals surface area contributed by atoms with Gasteiger partial charge in [0.15, 0.2) is 11.5 Å². The number of pyridine rings is 1. The first-order valence-corrected chi connectivity index (χ1v) is 7.13. The second kappa shape index (κ2) is 7.09. The highest BCUT2D eigenvalue weighted by molar-refractivity contribution is 5.41. The Morgan fingerprint density at radius 2 is 2.05 bits per heavy atom. The van der Waals surface area contributed by atoms with Crippen LogP contribution in [0.4, 0.5) is 0 Å². The lowest BCUT2D eigenvalue weighted by Gasteiger charge is -2.18. The van der Waals surface area contributed by atoms with Crippen molar-refractivity contribution in [2.75, 3.05) is 13.7 Å². The fourth-order valence-corrected chi connectivity index (χ4v) is 2.27. The molecule has 2 rings (SSSR count). The van der Waals surface area contributed by atoms with Gasteiger partial charge in [-0.2, -0.15) is 0 Å². The molecule has 0 aliphatic carbocycles. The topological polar surface area (TPSA) is 45.6 Å². The fourth-order valence-electron chi connectivity index (χ4n) is 2.27. The van der Waals surface area contributed by atoms with Crippen molar-refractivity contribution < 1.29 is 9.84 Å². The molecule has 0 amide bonds.